The summed E-state index contributed by atoms with van der Waals surface area (Å²) in [4.78, 5) is 2.36. The van der Waals surface area contributed by atoms with Gasteiger partial charge in [0, 0.05) is 30.1 Å². The van der Waals surface area contributed by atoms with Gasteiger partial charge in [-0.3, -0.25) is 9.58 Å². The summed E-state index contributed by atoms with van der Waals surface area (Å²) in [7, 11) is -3.98. The first-order chi connectivity index (χ1) is 18.9. The lowest BCUT2D eigenvalue weighted by atomic mass is 9.80. The molecular weight excluding hydrogens is 603 g/mol. The van der Waals surface area contributed by atoms with Crippen molar-refractivity contribution in [2.75, 3.05) is 13.1 Å². The molecule has 1 saturated carbocycles. The van der Waals surface area contributed by atoms with Gasteiger partial charge in [-0.1, -0.05) is 34.1 Å². The highest BCUT2D eigenvalue weighted by atomic mass is 79.9. The van der Waals surface area contributed by atoms with Gasteiger partial charge in [-0.05, 0) is 99.6 Å². The van der Waals surface area contributed by atoms with Crippen LogP contribution in [0.25, 0.3) is 5.57 Å². The largest absolute Gasteiger partial charge is 0.416 e. The second kappa shape index (κ2) is 11.1. The first kappa shape index (κ1) is 29.1. The van der Waals surface area contributed by atoms with E-state index in [4.69, 9.17) is 0 Å². The molecule has 40 heavy (non-hydrogen) atoms. The zero-order valence-corrected chi connectivity index (χ0v) is 25.0. The molecule has 2 aliphatic rings. The van der Waals surface area contributed by atoms with Crippen LogP contribution in [0.4, 0.5) is 13.2 Å². The first-order valence-electron chi connectivity index (χ1n) is 13.6. The third-order valence-corrected chi connectivity index (χ3v) is 11.5. The SMILES string of the molecule is CCn1nc(C)cc1C1=CCN(C2CCC(c3ccc(Br)cc3)(S(=O)(=O)c3ccc(C(F)(F)F)cc3)CC2)CC1. The fourth-order valence-corrected chi connectivity index (χ4v) is 8.67. The minimum atomic E-state index is -4.53. The van der Waals surface area contributed by atoms with E-state index in [1.165, 1.54) is 11.3 Å². The number of aromatic nitrogens is 2. The molecule has 0 saturated heterocycles. The molecule has 2 heterocycles. The number of hydrogen-bond donors (Lipinski definition) is 0. The standard InChI is InChI=1S/C30H33BrF3N3O2S/c1-3-37-28(20-21(2)35-37)22-14-18-36(19-15-22)26-12-16-29(17-13-26,23-4-8-25(31)9-5-23)40(38,39)27-10-6-24(7-11-27)30(32,33)34/h4-11,14,20,26H,3,12-13,15-19H2,1-2H3. The molecule has 1 fully saturated rings. The Morgan fingerprint density at radius 2 is 1.70 bits per heavy atom. The van der Waals surface area contributed by atoms with Crippen LogP contribution in [0.2, 0.25) is 0 Å². The molecule has 2 aromatic carbocycles. The van der Waals surface area contributed by atoms with Gasteiger partial charge in [0.1, 0.15) is 4.75 Å². The molecule has 214 valence electrons. The monoisotopic (exact) mass is 635 g/mol. The summed E-state index contributed by atoms with van der Waals surface area (Å²) in [5.74, 6) is 0. The lowest BCUT2D eigenvalue weighted by Crippen LogP contribution is -2.47. The summed E-state index contributed by atoms with van der Waals surface area (Å²) in [6.45, 7) is 6.60. The highest BCUT2D eigenvalue weighted by Crippen LogP contribution is 2.48. The Hall–Kier alpha value is -2.43. The maximum absolute atomic E-state index is 14.2. The number of halogens is 4. The Labute approximate surface area is 242 Å². The van der Waals surface area contributed by atoms with Crippen molar-refractivity contribution in [2.45, 2.75) is 74.4 Å². The van der Waals surface area contributed by atoms with E-state index in [1.54, 1.807) is 0 Å². The molecule has 5 nitrogen and oxygen atoms in total. The average molecular weight is 637 g/mol. The Balaban J connectivity index is 1.39. The normalized spacial score (nSPS) is 22.8. The number of alkyl halides is 3. The zero-order chi connectivity index (χ0) is 28.7. The van der Waals surface area contributed by atoms with Gasteiger partial charge in [0.2, 0.25) is 0 Å². The van der Waals surface area contributed by atoms with E-state index in [0.717, 1.165) is 60.5 Å². The molecule has 1 aromatic heterocycles. The molecule has 0 amide bonds. The number of rotatable bonds is 6. The summed E-state index contributed by atoms with van der Waals surface area (Å²) in [5.41, 5.74) is 3.29. The first-order valence-corrected chi connectivity index (χ1v) is 15.9. The zero-order valence-electron chi connectivity index (χ0n) is 22.6. The van der Waals surface area contributed by atoms with Crippen molar-refractivity contribution in [3.63, 3.8) is 0 Å². The maximum atomic E-state index is 14.2. The molecule has 0 unspecified atom stereocenters. The predicted molar refractivity (Wildman–Crippen MR) is 154 cm³/mol. The molecule has 5 rings (SSSR count). The topological polar surface area (TPSA) is 55.2 Å². The number of hydrogen-bond acceptors (Lipinski definition) is 4. The molecule has 0 radical (unpaired) electrons. The quantitative estimate of drug-likeness (QED) is 0.283. The summed E-state index contributed by atoms with van der Waals surface area (Å²) in [6.07, 6.45) is 0.817. The van der Waals surface area contributed by atoms with Crippen molar-refractivity contribution >= 4 is 31.3 Å². The highest BCUT2D eigenvalue weighted by molar-refractivity contribution is 9.10. The number of benzene rings is 2. The molecular formula is C30H33BrF3N3O2S. The van der Waals surface area contributed by atoms with Crippen LogP contribution in [-0.2, 0) is 27.3 Å². The van der Waals surface area contributed by atoms with Crippen LogP contribution in [0.1, 0.15) is 61.5 Å². The van der Waals surface area contributed by atoms with Gasteiger partial charge < -0.3 is 0 Å². The van der Waals surface area contributed by atoms with Crippen LogP contribution in [-0.4, -0.2) is 42.2 Å². The third-order valence-electron chi connectivity index (χ3n) is 8.43. The average Bonchev–Trinajstić information content (AvgIpc) is 3.34. The molecule has 0 N–H and O–H groups in total. The lowest BCUT2D eigenvalue weighted by Gasteiger charge is -2.44. The fraction of sp³-hybridized carbons (Fsp3) is 0.433. The van der Waals surface area contributed by atoms with Gasteiger partial charge in [0.05, 0.1) is 21.8 Å². The molecule has 0 spiro atoms. The molecule has 3 aromatic rings. The van der Waals surface area contributed by atoms with Crippen LogP contribution in [0.3, 0.4) is 0 Å². The van der Waals surface area contributed by atoms with Crippen molar-refractivity contribution in [3.05, 3.63) is 87.7 Å². The molecule has 10 heteroatoms. The van der Waals surface area contributed by atoms with E-state index in [1.807, 2.05) is 35.9 Å². The molecule has 0 bridgehead atoms. The lowest BCUT2D eigenvalue weighted by molar-refractivity contribution is -0.137. The molecule has 0 atom stereocenters. The van der Waals surface area contributed by atoms with Crippen molar-refractivity contribution in [3.8, 4) is 0 Å². The Bertz CT molecular complexity index is 1490. The van der Waals surface area contributed by atoms with E-state index in [2.05, 4.69) is 45.0 Å². The van der Waals surface area contributed by atoms with Crippen LogP contribution in [0.5, 0.6) is 0 Å². The molecule has 1 aliphatic carbocycles. The van der Waals surface area contributed by atoms with Crippen molar-refractivity contribution in [2.24, 2.45) is 0 Å². The number of sulfone groups is 1. The Kier molecular flexibility index (Phi) is 8.07. The van der Waals surface area contributed by atoms with Crippen LogP contribution in [0, 0.1) is 6.92 Å². The molecule has 1 aliphatic heterocycles. The second-order valence-corrected chi connectivity index (χ2v) is 13.9. The highest BCUT2D eigenvalue weighted by Gasteiger charge is 2.49. The van der Waals surface area contributed by atoms with Gasteiger partial charge in [-0.25, -0.2) is 8.42 Å². The van der Waals surface area contributed by atoms with Crippen LogP contribution >= 0.6 is 15.9 Å². The Morgan fingerprint density at radius 3 is 2.25 bits per heavy atom. The van der Waals surface area contributed by atoms with Gasteiger partial charge in [0.25, 0.3) is 0 Å². The fourth-order valence-electron chi connectivity index (χ4n) is 6.24. The van der Waals surface area contributed by atoms with Crippen molar-refractivity contribution in [1.29, 1.82) is 0 Å². The van der Waals surface area contributed by atoms with Crippen LogP contribution < -0.4 is 0 Å². The maximum Gasteiger partial charge on any atom is 0.416 e. The minimum absolute atomic E-state index is 0.0738. The van der Waals surface area contributed by atoms with E-state index >= 15 is 0 Å². The van der Waals surface area contributed by atoms with Crippen molar-refractivity contribution < 1.29 is 21.6 Å². The predicted octanol–water partition coefficient (Wildman–Crippen LogP) is 7.39. The minimum Gasteiger partial charge on any atom is -0.296 e. The summed E-state index contributed by atoms with van der Waals surface area (Å²) in [6, 6.07) is 13.6. The summed E-state index contributed by atoms with van der Waals surface area (Å²) < 4.78 is 69.5. The number of nitrogens with zero attached hydrogens (tertiary/aromatic N) is 3. The van der Waals surface area contributed by atoms with Gasteiger partial charge >= 0.3 is 6.18 Å². The second-order valence-electron chi connectivity index (χ2n) is 10.7. The van der Waals surface area contributed by atoms with E-state index in [0.29, 0.717) is 31.2 Å². The Morgan fingerprint density at radius 1 is 1.05 bits per heavy atom. The van der Waals surface area contributed by atoms with E-state index in [9.17, 15) is 21.6 Å². The van der Waals surface area contributed by atoms with Gasteiger partial charge in [-0.15, -0.1) is 0 Å². The third kappa shape index (κ3) is 5.42. The summed E-state index contributed by atoms with van der Waals surface area (Å²) >= 11 is 3.43. The van der Waals surface area contributed by atoms with Gasteiger partial charge in [0.15, 0.2) is 9.84 Å². The number of aryl methyl sites for hydroxylation is 2. The van der Waals surface area contributed by atoms with Gasteiger partial charge in [-0.2, -0.15) is 18.3 Å². The van der Waals surface area contributed by atoms with Crippen molar-refractivity contribution in [1.82, 2.24) is 14.7 Å². The van der Waals surface area contributed by atoms with Crippen LogP contribution in [0.15, 0.2) is 70.0 Å². The van der Waals surface area contributed by atoms with E-state index in [-0.39, 0.29) is 10.9 Å². The smallest absolute Gasteiger partial charge is 0.296 e. The summed E-state index contributed by atoms with van der Waals surface area (Å²) in [5, 5.41) is 4.57. The van der Waals surface area contributed by atoms with E-state index < -0.39 is 26.3 Å².